The van der Waals surface area contributed by atoms with Crippen LogP contribution in [0.15, 0.2) is 29.8 Å². The first-order valence-corrected chi connectivity index (χ1v) is 7.70. The van der Waals surface area contributed by atoms with Gasteiger partial charge in [0.1, 0.15) is 0 Å². The summed E-state index contributed by atoms with van der Waals surface area (Å²) in [7, 11) is 0. The Morgan fingerprint density at radius 3 is 3.11 bits per heavy atom. The van der Waals surface area contributed by atoms with Crippen molar-refractivity contribution in [3.05, 3.63) is 50.9 Å². The van der Waals surface area contributed by atoms with Gasteiger partial charge in [0.25, 0.3) is 0 Å². The maximum Gasteiger partial charge on any atom is 0.0651 e. The molecule has 0 aliphatic heterocycles. The molecule has 3 rings (SSSR count). The average molecular weight is 294 g/mol. The molecular formula is C14H16ClN3S. The number of aromatic nitrogens is 1. The van der Waals surface area contributed by atoms with E-state index in [9.17, 15) is 0 Å². The van der Waals surface area contributed by atoms with Crippen LogP contribution in [-0.2, 0) is 6.42 Å². The quantitative estimate of drug-likeness (QED) is 0.673. The molecule has 2 heterocycles. The minimum atomic E-state index is 0.0430. The molecule has 1 aliphatic rings. The van der Waals surface area contributed by atoms with Crippen LogP contribution in [0.4, 0.5) is 0 Å². The molecule has 0 amide bonds. The Balaban J connectivity index is 2.00. The fourth-order valence-electron chi connectivity index (χ4n) is 2.87. The molecule has 0 saturated heterocycles. The third-order valence-electron chi connectivity index (χ3n) is 3.75. The Morgan fingerprint density at radius 1 is 1.47 bits per heavy atom. The first-order valence-electron chi connectivity index (χ1n) is 6.44. The van der Waals surface area contributed by atoms with Gasteiger partial charge in [-0.15, -0.1) is 11.3 Å². The molecule has 3 nitrogen and oxygen atoms in total. The zero-order valence-corrected chi connectivity index (χ0v) is 12.0. The van der Waals surface area contributed by atoms with Gasteiger partial charge in [-0.3, -0.25) is 16.3 Å². The lowest BCUT2D eigenvalue weighted by atomic mass is 9.81. The van der Waals surface area contributed by atoms with Gasteiger partial charge in [-0.1, -0.05) is 17.7 Å². The molecule has 0 fully saturated rings. The number of nitrogens with one attached hydrogen (secondary N) is 1. The number of hydrogen-bond donors (Lipinski definition) is 2. The molecule has 0 aromatic carbocycles. The zero-order valence-electron chi connectivity index (χ0n) is 10.5. The Morgan fingerprint density at radius 2 is 2.37 bits per heavy atom. The number of hydrogen-bond acceptors (Lipinski definition) is 4. The first kappa shape index (κ1) is 13.1. The summed E-state index contributed by atoms with van der Waals surface area (Å²) < 4.78 is 0. The molecule has 5 heteroatoms. The topological polar surface area (TPSA) is 50.9 Å². The smallest absolute Gasteiger partial charge is 0.0651 e. The lowest BCUT2D eigenvalue weighted by Gasteiger charge is -2.30. The Bertz CT molecular complexity index is 569. The van der Waals surface area contributed by atoms with Crippen molar-refractivity contribution in [2.24, 2.45) is 5.84 Å². The van der Waals surface area contributed by atoms with Gasteiger partial charge in [0.05, 0.1) is 11.1 Å². The summed E-state index contributed by atoms with van der Waals surface area (Å²) in [6.07, 6.45) is 5.23. The SMILES string of the molecule is NNC(c1sccc1Cl)C1CCCc2cccnc21. The van der Waals surface area contributed by atoms with Crippen LogP contribution in [0.5, 0.6) is 0 Å². The van der Waals surface area contributed by atoms with Crippen LogP contribution in [0.2, 0.25) is 5.02 Å². The average Bonchev–Trinajstić information content (AvgIpc) is 2.86. The maximum atomic E-state index is 6.25. The Labute approximate surface area is 121 Å². The number of nitrogens with zero attached hydrogens (tertiary/aromatic N) is 1. The van der Waals surface area contributed by atoms with E-state index >= 15 is 0 Å². The van der Waals surface area contributed by atoms with Crippen LogP contribution in [0, 0.1) is 0 Å². The second-order valence-corrected chi connectivity index (χ2v) is 6.18. The molecule has 19 heavy (non-hydrogen) atoms. The molecule has 2 atom stereocenters. The number of hydrazine groups is 1. The number of thiophene rings is 1. The minimum absolute atomic E-state index is 0.0430. The second-order valence-electron chi connectivity index (χ2n) is 4.82. The third kappa shape index (κ3) is 2.41. The molecule has 0 radical (unpaired) electrons. The summed E-state index contributed by atoms with van der Waals surface area (Å²) in [5.74, 6) is 6.09. The molecule has 2 aromatic rings. The summed E-state index contributed by atoms with van der Waals surface area (Å²) in [4.78, 5) is 5.68. The van der Waals surface area contributed by atoms with Crippen LogP contribution in [0.3, 0.4) is 0 Å². The van der Waals surface area contributed by atoms with Crippen LogP contribution >= 0.6 is 22.9 Å². The molecular weight excluding hydrogens is 278 g/mol. The highest BCUT2D eigenvalue weighted by Gasteiger charge is 2.31. The lowest BCUT2D eigenvalue weighted by molar-refractivity contribution is 0.404. The van der Waals surface area contributed by atoms with Gasteiger partial charge in [-0.05, 0) is 42.3 Å². The Hall–Kier alpha value is -0.940. The number of pyridine rings is 1. The van der Waals surface area contributed by atoms with Crippen molar-refractivity contribution >= 4 is 22.9 Å². The van der Waals surface area contributed by atoms with Gasteiger partial charge in [0.2, 0.25) is 0 Å². The first-order chi connectivity index (χ1) is 9.31. The van der Waals surface area contributed by atoms with Crippen molar-refractivity contribution < 1.29 is 0 Å². The number of nitrogens with two attached hydrogens (primary N) is 1. The molecule has 100 valence electrons. The van der Waals surface area contributed by atoms with Gasteiger partial charge in [0, 0.05) is 22.7 Å². The largest absolute Gasteiger partial charge is 0.271 e. The van der Waals surface area contributed by atoms with Gasteiger partial charge in [-0.2, -0.15) is 0 Å². The van der Waals surface area contributed by atoms with Crippen molar-refractivity contribution in [3.8, 4) is 0 Å². The summed E-state index contributed by atoms with van der Waals surface area (Å²) in [5.41, 5.74) is 5.45. The molecule has 0 saturated carbocycles. The maximum absolute atomic E-state index is 6.25. The van der Waals surface area contributed by atoms with Crippen LogP contribution in [0.1, 0.15) is 40.9 Å². The molecule has 0 spiro atoms. The predicted octanol–water partition coefficient (Wildman–Crippen LogP) is 3.42. The molecule has 0 bridgehead atoms. The van der Waals surface area contributed by atoms with E-state index in [1.165, 1.54) is 17.7 Å². The summed E-state index contributed by atoms with van der Waals surface area (Å²) in [6.45, 7) is 0. The van der Waals surface area contributed by atoms with Crippen LogP contribution in [0.25, 0.3) is 0 Å². The van der Waals surface area contributed by atoms with E-state index in [0.29, 0.717) is 5.92 Å². The van der Waals surface area contributed by atoms with Crippen molar-refractivity contribution in [1.82, 2.24) is 10.4 Å². The third-order valence-corrected chi connectivity index (χ3v) is 5.19. The van der Waals surface area contributed by atoms with E-state index in [2.05, 4.69) is 16.5 Å². The highest BCUT2D eigenvalue weighted by Crippen LogP contribution is 2.42. The van der Waals surface area contributed by atoms with Gasteiger partial charge in [0.15, 0.2) is 0 Å². The van der Waals surface area contributed by atoms with E-state index in [4.69, 9.17) is 17.4 Å². The second kappa shape index (κ2) is 5.59. The number of fused-ring (bicyclic) bond motifs is 1. The van der Waals surface area contributed by atoms with E-state index in [-0.39, 0.29) is 6.04 Å². The van der Waals surface area contributed by atoms with Crippen molar-refractivity contribution in [3.63, 3.8) is 0 Å². The molecule has 1 aliphatic carbocycles. The summed E-state index contributed by atoms with van der Waals surface area (Å²) >= 11 is 7.90. The van der Waals surface area contributed by atoms with Crippen molar-refractivity contribution in [2.75, 3.05) is 0 Å². The summed E-state index contributed by atoms with van der Waals surface area (Å²) in [5, 5.41) is 2.79. The van der Waals surface area contributed by atoms with Gasteiger partial charge < -0.3 is 0 Å². The minimum Gasteiger partial charge on any atom is -0.271 e. The summed E-state index contributed by atoms with van der Waals surface area (Å²) in [6, 6.07) is 6.14. The molecule has 3 N–H and O–H groups in total. The van der Waals surface area contributed by atoms with Crippen molar-refractivity contribution in [1.29, 1.82) is 0 Å². The zero-order chi connectivity index (χ0) is 13.2. The molecule has 2 unspecified atom stereocenters. The standard InChI is InChI=1S/C14H16ClN3S/c15-11-6-8-19-14(11)13(18-16)10-5-1-3-9-4-2-7-17-12(9)10/h2,4,6-8,10,13,18H,1,3,5,16H2. The fourth-order valence-corrected chi connectivity index (χ4v) is 4.17. The Kier molecular flexibility index (Phi) is 3.84. The van der Waals surface area contributed by atoms with E-state index in [1.807, 2.05) is 23.7 Å². The number of rotatable bonds is 3. The van der Waals surface area contributed by atoms with Gasteiger partial charge in [-0.25, -0.2) is 0 Å². The fraction of sp³-hybridized carbons (Fsp3) is 0.357. The lowest BCUT2D eigenvalue weighted by Crippen LogP contribution is -2.34. The highest BCUT2D eigenvalue weighted by molar-refractivity contribution is 7.10. The predicted molar refractivity (Wildman–Crippen MR) is 79.3 cm³/mol. The van der Waals surface area contributed by atoms with E-state index in [0.717, 1.165) is 22.7 Å². The highest BCUT2D eigenvalue weighted by atomic mass is 35.5. The number of aryl methyl sites for hydroxylation is 1. The number of halogens is 1. The monoisotopic (exact) mass is 293 g/mol. The normalized spacial score (nSPS) is 20.0. The van der Waals surface area contributed by atoms with Gasteiger partial charge >= 0.3 is 0 Å². The van der Waals surface area contributed by atoms with E-state index < -0.39 is 0 Å². The van der Waals surface area contributed by atoms with Crippen LogP contribution in [-0.4, -0.2) is 4.98 Å². The van der Waals surface area contributed by atoms with Crippen LogP contribution < -0.4 is 11.3 Å². The van der Waals surface area contributed by atoms with E-state index in [1.54, 1.807) is 11.3 Å². The van der Waals surface area contributed by atoms with Crippen molar-refractivity contribution in [2.45, 2.75) is 31.2 Å². The molecule has 2 aromatic heterocycles.